The van der Waals surface area contributed by atoms with Crippen molar-refractivity contribution in [1.29, 1.82) is 0 Å². The summed E-state index contributed by atoms with van der Waals surface area (Å²) in [4.78, 5) is 10.7. The fraction of sp³-hybridized carbons (Fsp3) is 0.267. The molecule has 0 unspecified atom stereocenters. The van der Waals surface area contributed by atoms with Gasteiger partial charge >= 0.3 is 5.97 Å². The number of aryl methyl sites for hydroxylation is 1. The lowest BCUT2D eigenvalue weighted by atomic mass is 10.1. The molecule has 0 radical (unpaired) electrons. The first kappa shape index (κ1) is 13.4. The second-order valence-corrected chi connectivity index (χ2v) is 4.30. The average molecular weight is 259 g/mol. The topological polar surface area (TPSA) is 62.5 Å². The molecule has 0 fully saturated rings. The molecular formula is C15H17NO3. The SMILES string of the molecule is CCc1ccccc1CNCc1ccc(C(=O)O)o1. The van der Waals surface area contributed by atoms with Gasteiger partial charge in [0.25, 0.3) is 0 Å². The lowest BCUT2D eigenvalue weighted by molar-refractivity contribution is 0.0660. The molecule has 0 amide bonds. The van der Waals surface area contributed by atoms with Gasteiger partial charge in [-0.05, 0) is 29.7 Å². The third-order valence-electron chi connectivity index (χ3n) is 2.99. The van der Waals surface area contributed by atoms with Crippen LogP contribution in [0.5, 0.6) is 0 Å². The van der Waals surface area contributed by atoms with Crippen molar-refractivity contribution in [1.82, 2.24) is 5.32 Å². The molecule has 2 N–H and O–H groups in total. The van der Waals surface area contributed by atoms with Crippen molar-refractivity contribution in [3.63, 3.8) is 0 Å². The molecule has 19 heavy (non-hydrogen) atoms. The quantitative estimate of drug-likeness (QED) is 0.837. The molecule has 0 saturated carbocycles. The first-order valence-electron chi connectivity index (χ1n) is 6.30. The van der Waals surface area contributed by atoms with Gasteiger partial charge in [-0.25, -0.2) is 4.79 Å². The first-order valence-corrected chi connectivity index (χ1v) is 6.30. The molecule has 4 heteroatoms. The lowest BCUT2D eigenvalue weighted by Gasteiger charge is -2.08. The number of hydrogen-bond donors (Lipinski definition) is 2. The van der Waals surface area contributed by atoms with E-state index in [1.54, 1.807) is 6.07 Å². The fourth-order valence-corrected chi connectivity index (χ4v) is 1.98. The Labute approximate surface area is 112 Å². The zero-order chi connectivity index (χ0) is 13.7. The Bertz CT molecular complexity index is 560. The van der Waals surface area contributed by atoms with E-state index in [0.29, 0.717) is 12.3 Å². The van der Waals surface area contributed by atoms with E-state index in [-0.39, 0.29) is 5.76 Å². The Morgan fingerprint density at radius 1 is 1.16 bits per heavy atom. The monoisotopic (exact) mass is 259 g/mol. The summed E-state index contributed by atoms with van der Waals surface area (Å²) in [6.07, 6.45) is 1.00. The molecule has 0 spiro atoms. The van der Waals surface area contributed by atoms with Gasteiger partial charge in [0.15, 0.2) is 0 Å². The van der Waals surface area contributed by atoms with E-state index in [1.807, 2.05) is 12.1 Å². The number of carboxylic acid groups (broad SMARTS) is 1. The summed E-state index contributed by atoms with van der Waals surface area (Å²) < 4.78 is 5.18. The number of rotatable bonds is 6. The molecule has 2 aromatic rings. The maximum atomic E-state index is 10.7. The second-order valence-electron chi connectivity index (χ2n) is 4.30. The number of hydrogen-bond acceptors (Lipinski definition) is 3. The van der Waals surface area contributed by atoms with Gasteiger partial charge in [0, 0.05) is 6.54 Å². The first-order chi connectivity index (χ1) is 9.20. The average Bonchev–Trinajstić information content (AvgIpc) is 2.88. The molecule has 0 saturated heterocycles. The van der Waals surface area contributed by atoms with E-state index in [0.717, 1.165) is 13.0 Å². The molecular weight excluding hydrogens is 242 g/mol. The summed E-state index contributed by atoms with van der Waals surface area (Å²) in [5.74, 6) is -0.431. The Morgan fingerprint density at radius 2 is 1.89 bits per heavy atom. The van der Waals surface area contributed by atoms with Crippen LogP contribution >= 0.6 is 0 Å². The molecule has 4 nitrogen and oxygen atoms in total. The molecule has 0 aliphatic heterocycles. The Kier molecular flexibility index (Phi) is 4.36. The number of nitrogens with one attached hydrogen (secondary N) is 1. The summed E-state index contributed by atoms with van der Waals surface area (Å²) in [6, 6.07) is 11.4. The normalized spacial score (nSPS) is 10.6. The van der Waals surface area contributed by atoms with Crippen molar-refractivity contribution in [3.05, 3.63) is 59.0 Å². The maximum absolute atomic E-state index is 10.7. The van der Waals surface area contributed by atoms with Crippen molar-refractivity contribution in [2.24, 2.45) is 0 Å². The van der Waals surface area contributed by atoms with Gasteiger partial charge in [-0.1, -0.05) is 31.2 Å². The Hall–Kier alpha value is -2.07. The summed E-state index contributed by atoms with van der Waals surface area (Å²) in [5, 5.41) is 12.0. The van der Waals surface area contributed by atoms with Crippen LogP contribution in [0.15, 0.2) is 40.8 Å². The summed E-state index contributed by atoms with van der Waals surface area (Å²) in [6.45, 7) is 3.39. The second kappa shape index (κ2) is 6.20. The highest BCUT2D eigenvalue weighted by molar-refractivity contribution is 5.84. The van der Waals surface area contributed by atoms with E-state index >= 15 is 0 Å². The van der Waals surface area contributed by atoms with E-state index < -0.39 is 5.97 Å². The van der Waals surface area contributed by atoms with Crippen LogP contribution in [-0.4, -0.2) is 11.1 Å². The summed E-state index contributed by atoms with van der Waals surface area (Å²) >= 11 is 0. The number of carboxylic acids is 1. The zero-order valence-corrected chi connectivity index (χ0v) is 10.8. The molecule has 0 bridgehead atoms. The number of carbonyl (C=O) groups is 1. The van der Waals surface area contributed by atoms with Gasteiger partial charge < -0.3 is 14.8 Å². The molecule has 2 rings (SSSR count). The molecule has 0 atom stereocenters. The maximum Gasteiger partial charge on any atom is 0.371 e. The highest BCUT2D eigenvalue weighted by atomic mass is 16.4. The third kappa shape index (κ3) is 3.45. The molecule has 1 aromatic carbocycles. The minimum absolute atomic E-state index is 0.0224. The largest absolute Gasteiger partial charge is 0.475 e. The summed E-state index contributed by atoms with van der Waals surface area (Å²) in [7, 11) is 0. The Morgan fingerprint density at radius 3 is 2.53 bits per heavy atom. The third-order valence-corrected chi connectivity index (χ3v) is 2.99. The zero-order valence-electron chi connectivity index (χ0n) is 10.8. The van der Waals surface area contributed by atoms with E-state index in [1.165, 1.54) is 17.2 Å². The van der Waals surface area contributed by atoms with Crippen LogP contribution < -0.4 is 5.32 Å². The molecule has 1 aromatic heterocycles. The Balaban J connectivity index is 1.90. The standard InChI is InChI=1S/C15H17NO3/c1-2-11-5-3-4-6-12(11)9-16-10-13-7-8-14(19-13)15(17)18/h3-8,16H,2,9-10H2,1H3,(H,17,18). The van der Waals surface area contributed by atoms with Crippen LogP contribution in [0.2, 0.25) is 0 Å². The highest BCUT2D eigenvalue weighted by Gasteiger charge is 2.08. The van der Waals surface area contributed by atoms with Crippen LogP contribution in [0.1, 0.15) is 34.4 Å². The molecule has 0 aliphatic carbocycles. The van der Waals surface area contributed by atoms with E-state index in [9.17, 15) is 4.79 Å². The van der Waals surface area contributed by atoms with Crippen LogP contribution in [0, 0.1) is 0 Å². The van der Waals surface area contributed by atoms with Crippen LogP contribution in [0.4, 0.5) is 0 Å². The van der Waals surface area contributed by atoms with E-state index in [2.05, 4.69) is 24.4 Å². The van der Waals surface area contributed by atoms with E-state index in [4.69, 9.17) is 9.52 Å². The smallest absolute Gasteiger partial charge is 0.371 e. The number of benzene rings is 1. The van der Waals surface area contributed by atoms with Gasteiger partial charge in [-0.2, -0.15) is 0 Å². The van der Waals surface area contributed by atoms with Gasteiger partial charge in [-0.15, -0.1) is 0 Å². The highest BCUT2D eigenvalue weighted by Crippen LogP contribution is 2.11. The van der Waals surface area contributed by atoms with Crippen LogP contribution in [-0.2, 0) is 19.5 Å². The van der Waals surface area contributed by atoms with Crippen molar-refractivity contribution < 1.29 is 14.3 Å². The van der Waals surface area contributed by atoms with Crippen LogP contribution in [0.25, 0.3) is 0 Å². The minimum atomic E-state index is -1.04. The summed E-state index contributed by atoms with van der Waals surface area (Å²) in [5.41, 5.74) is 2.58. The van der Waals surface area contributed by atoms with Crippen molar-refractivity contribution >= 4 is 5.97 Å². The van der Waals surface area contributed by atoms with Gasteiger partial charge in [0.05, 0.1) is 6.54 Å². The number of furan rings is 1. The molecule has 0 aliphatic rings. The predicted molar refractivity (Wildman–Crippen MR) is 72.0 cm³/mol. The van der Waals surface area contributed by atoms with Crippen molar-refractivity contribution in [2.45, 2.75) is 26.4 Å². The number of aromatic carboxylic acids is 1. The lowest BCUT2D eigenvalue weighted by Crippen LogP contribution is -2.13. The minimum Gasteiger partial charge on any atom is -0.475 e. The van der Waals surface area contributed by atoms with Crippen LogP contribution in [0.3, 0.4) is 0 Å². The van der Waals surface area contributed by atoms with Gasteiger partial charge in [0.1, 0.15) is 5.76 Å². The molecule has 100 valence electrons. The van der Waals surface area contributed by atoms with Gasteiger partial charge in [-0.3, -0.25) is 0 Å². The fourth-order valence-electron chi connectivity index (χ4n) is 1.98. The molecule has 1 heterocycles. The predicted octanol–water partition coefficient (Wildman–Crippen LogP) is 2.83. The van der Waals surface area contributed by atoms with Gasteiger partial charge in [0.2, 0.25) is 5.76 Å². The van der Waals surface area contributed by atoms with Crippen molar-refractivity contribution in [3.8, 4) is 0 Å². The van der Waals surface area contributed by atoms with Crippen molar-refractivity contribution in [2.75, 3.05) is 0 Å².